The van der Waals surface area contributed by atoms with E-state index >= 15 is 0 Å². The standard InChI is InChI=1S/C24H28ClF2N3O4S/c1-16(24(32)28-19-5-3-4-6-19)29(14-17-7-9-18(25)10-8-17)23(31)15-30(35(2,33)34)20-11-12-21(26)22(27)13-20/h7-13,16,19H,3-6,14-15H2,1-2H3,(H,28,32)/t16-/m1/s1. The largest absolute Gasteiger partial charge is 0.352 e. The SMILES string of the molecule is C[C@H](C(=O)NC1CCCC1)N(Cc1ccc(Cl)cc1)C(=O)CN(c1ccc(F)c(F)c1)S(C)(=O)=O. The number of amides is 2. The van der Waals surface area contributed by atoms with E-state index < -0.39 is 40.2 Å². The molecule has 1 N–H and O–H groups in total. The van der Waals surface area contributed by atoms with E-state index in [1.54, 1.807) is 31.2 Å². The smallest absolute Gasteiger partial charge is 0.244 e. The Labute approximate surface area is 209 Å². The summed E-state index contributed by atoms with van der Waals surface area (Å²) in [6.07, 6.45) is 4.62. The summed E-state index contributed by atoms with van der Waals surface area (Å²) in [7, 11) is -4.04. The number of carbonyl (C=O) groups excluding carboxylic acids is 2. The molecule has 1 aliphatic rings. The van der Waals surface area contributed by atoms with Crippen LogP contribution in [-0.2, 0) is 26.2 Å². The van der Waals surface area contributed by atoms with E-state index in [1.165, 1.54) is 4.90 Å². The third kappa shape index (κ3) is 7.14. The van der Waals surface area contributed by atoms with Crippen molar-refractivity contribution in [3.8, 4) is 0 Å². The van der Waals surface area contributed by atoms with Crippen molar-refractivity contribution in [1.82, 2.24) is 10.2 Å². The molecule has 2 aromatic carbocycles. The fourth-order valence-corrected chi connectivity index (χ4v) is 4.98. The van der Waals surface area contributed by atoms with Gasteiger partial charge in [0, 0.05) is 23.7 Å². The summed E-state index contributed by atoms with van der Waals surface area (Å²) in [5, 5.41) is 3.46. The van der Waals surface area contributed by atoms with E-state index in [4.69, 9.17) is 11.6 Å². The number of sulfonamides is 1. The molecule has 0 unspecified atom stereocenters. The van der Waals surface area contributed by atoms with Gasteiger partial charge in [-0.15, -0.1) is 0 Å². The van der Waals surface area contributed by atoms with Gasteiger partial charge in [0.25, 0.3) is 0 Å². The Morgan fingerprint density at radius 2 is 1.71 bits per heavy atom. The van der Waals surface area contributed by atoms with Crippen molar-refractivity contribution in [3.05, 3.63) is 64.7 Å². The Hall–Kier alpha value is -2.72. The molecule has 3 rings (SSSR count). The van der Waals surface area contributed by atoms with Crippen LogP contribution in [0.25, 0.3) is 0 Å². The molecule has 1 saturated carbocycles. The molecular weight excluding hydrogens is 500 g/mol. The molecule has 0 aliphatic heterocycles. The number of nitrogens with one attached hydrogen (secondary N) is 1. The molecule has 2 amide bonds. The first-order valence-corrected chi connectivity index (χ1v) is 13.5. The van der Waals surface area contributed by atoms with Crippen molar-refractivity contribution in [2.45, 2.75) is 51.2 Å². The van der Waals surface area contributed by atoms with Gasteiger partial charge in [-0.25, -0.2) is 17.2 Å². The molecule has 0 heterocycles. The van der Waals surface area contributed by atoms with E-state index in [0.29, 0.717) is 21.0 Å². The lowest BCUT2D eigenvalue weighted by Crippen LogP contribution is -2.52. The van der Waals surface area contributed by atoms with E-state index in [-0.39, 0.29) is 24.2 Å². The van der Waals surface area contributed by atoms with Gasteiger partial charge in [-0.05, 0) is 49.6 Å². The minimum absolute atomic E-state index is 0.0185. The lowest BCUT2D eigenvalue weighted by molar-refractivity contribution is -0.139. The van der Waals surface area contributed by atoms with Gasteiger partial charge in [0.1, 0.15) is 12.6 Å². The molecule has 2 aromatic rings. The molecule has 0 spiro atoms. The van der Waals surface area contributed by atoms with Crippen LogP contribution in [-0.4, -0.2) is 50.0 Å². The van der Waals surface area contributed by atoms with Crippen LogP contribution in [0.5, 0.6) is 0 Å². The maximum absolute atomic E-state index is 13.8. The van der Waals surface area contributed by atoms with Crippen LogP contribution in [0.2, 0.25) is 5.02 Å². The van der Waals surface area contributed by atoms with E-state index in [0.717, 1.165) is 44.1 Å². The topological polar surface area (TPSA) is 86.8 Å². The number of nitrogens with zero attached hydrogens (tertiary/aromatic N) is 2. The van der Waals surface area contributed by atoms with Gasteiger partial charge < -0.3 is 10.2 Å². The van der Waals surface area contributed by atoms with Crippen LogP contribution in [0.1, 0.15) is 38.2 Å². The molecule has 190 valence electrons. The monoisotopic (exact) mass is 527 g/mol. The predicted molar refractivity (Wildman–Crippen MR) is 130 cm³/mol. The minimum atomic E-state index is -4.04. The Kier molecular flexibility index (Phi) is 8.71. The quantitative estimate of drug-likeness (QED) is 0.536. The zero-order valence-electron chi connectivity index (χ0n) is 19.5. The minimum Gasteiger partial charge on any atom is -0.352 e. The van der Waals surface area contributed by atoms with Gasteiger partial charge >= 0.3 is 0 Å². The fraction of sp³-hybridized carbons (Fsp3) is 0.417. The number of carbonyl (C=O) groups is 2. The number of benzene rings is 2. The van der Waals surface area contributed by atoms with Crippen molar-refractivity contribution in [1.29, 1.82) is 0 Å². The van der Waals surface area contributed by atoms with Gasteiger partial charge in [0.05, 0.1) is 11.9 Å². The molecule has 1 fully saturated rings. The molecule has 0 radical (unpaired) electrons. The molecule has 1 aliphatic carbocycles. The maximum Gasteiger partial charge on any atom is 0.244 e. The first-order chi connectivity index (χ1) is 16.5. The highest BCUT2D eigenvalue weighted by atomic mass is 35.5. The Balaban J connectivity index is 1.88. The van der Waals surface area contributed by atoms with Crippen LogP contribution < -0.4 is 9.62 Å². The average molecular weight is 528 g/mol. The third-order valence-corrected chi connectivity index (χ3v) is 7.40. The Morgan fingerprint density at radius 1 is 1.09 bits per heavy atom. The number of anilines is 1. The summed E-state index contributed by atoms with van der Waals surface area (Å²) in [6.45, 7) is 0.892. The number of rotatable bonds is 9. The first kappa shape index (κ1) is 26.9. The molecule has 7 nitrogen and oxygen atoms in total. The van der Waals surface area contributed by atoms with Crippen molar-refractivity contribution in [2.24, 2.45) is 0 Å². The van der Waals surface area contributed by atoms with Crippen LogP contribution in [0, 0.1) is 11.6 Å². The summed E-state index contributed by atoms with van der Waals surface area (Å²) < 4.78 is 52.8. The molecule has 1 atom stereocenters. The van der Waals surface area contributed by atoms with Crippen LogP contribution in [0.4, 0.5) is 14.5 Å². The van der Waals surface area contributed by atoms with Crippen molar-refractivity contribution in [3.63, 3.8) is 0 Å². The zero-order valence-corrected chi connectivity index (χ0v) is 21.1. The predicted octanol–water partition coefficient (Wildman–Crippen LogP) is 3.86. The van der Waals surface area contributed by atoms with Crippen molar-refractivity contribution in [2.75, 3.05) is 17.1 Å². The number of halogens is 3. The lowest BCUT2D eigenvalue weighted by Gasteiger charge is -2.32. The van der Waals surface area contributed by atoms with E-state index in [2.05, 4.69) is 5.32 Å². The first-order valence-electron chi connectivity index (χ1n) is 11.2. The Bertz CT molecular complexity index is 1170. The second-order valence-electron chi connectivity index (χ2n) is 8.68. The molecule has 11 heteroatoms. The summed E-state index contributed by atoms with van der Waals surface area (Å²) in [5.41, 5.74) is 0.483. The highest BCUT2D eigenvalue weighted by Crippen LogP contribution is 2.22. The second-order valence-corrected chi connectivity index (χ2v) is 11.0. The molecule has 0 bridgehead atoms. The summed E-state index contributed by atoms with van der Waals surface area (Å²) in [4.78, 5) is 27.7. The molecule has 0 aromatic heterocycles. The average Bonchev–Trinajstić information content (AvgIpc) is 3.30. The summed E-state index contributed by atoms with van der Waals surface area (Å²) >= 11 is 5.95. The van der Waals surface area contributed by atoms with Crippen molar-refractivity contribution >= 4 is 39.1 Å². The van der Waals surface area contributed by atoms with E-state index in [1.807, 2.05) is 0 Å². The second kappa shape index (κ2) is 11.3. The third-order valence-electron chi connectivity index (χ3n) is 6.01. The van der Waals surface area contributed by atoms with Gasteiger partial charge in [-0.2, -0.15) is 0 Å². The normalized spacial score (nSPS) is 15.0. The number of hydrogen-bond donors (Lipinski definition) is 1. The molecule has 35 heavy (non-hydrogen) atoms. The lowest BCUT2D eigenvalue weighted by atomic mass is 10.1. The number of hydrogen-bond acceptors (Lipinski definition) is 4. The molecular formula is C24H28ClF2N3O4S. The highest BCUT2D eigenvalue weighted by molar-refractivity contribution is 7.92. The maximum atomic E-state index is 13.8. The van der Waals surface area contributed by atoms with Crippen molar-refractivity contribution < 1.29 is 26.8 Å². The summed E-state index contributed by atoms with van der Waals surface area (Å²) in [5.74, 6) is -3.41. The fourth-order valence-electron chi connectivity index (χ4n) is 4.01. The highest BCUT2D eigenvalue weighted by Gasteiger charge is 2.31. The molecule has 0 saturated heterocycles. The van der Waals surface area contributed by atoms with Crippen LogP contribution in [0.3, 0.4) is 0 Å². The van der Waals surface area contributed by atoms with Gasteiger partial charge in [0.15, 0.2) is 11.6 Å². The van der Waals surface area contributed by atoms with Crippen LogP contribution >= 0.6 is 11.6 Å². The van der Waals surface area contributed by atoms with Gasteiger partial charge in [-0.1, -0.05) is 36.6 Å². The Morgan fingerprint density at radius 3 is 2.29 bits per heavy atom. The van der Waals surface area contributed by atoms with Gasteiger partial charge in [-0.3, -0.25) is 13.9 Å². The van der Waals surface area contributed by atoms with Gasteiger partial charge in [0.2, 0.25) is 21.8 Å². The van der Waals surface area contributed by atoms with E-state index in [9.17, 15) is 26.8 Å². The summed E-state index contributed by atoms with van der Waals surface area (Å²) in [6, 6.07) is 8.39. The zero-order chi connectivity index (χ0) is 25.8. The van der Waals surface area contributed by atoms with Crippen LogP contribution in [0.15, 0.2) is 42.5 Å².